The van der Waals surface area contributed by atoms with Crippen LogP contribution in [0.4, 0.5) is 11.4 Å². The number of nitrogens with one attached hydrogen (secondary N) is 2. The standard InChI is InChI=1S/C13H12N4O5/c1-7-9(4-5-22-7)13(19)16-15-12(18)8-2-3-10(14)11(6-8)17(20)21/h2-6H,14H2,1H3,(H,15,18)(H,16,19). The molecule has 0 aliphatic heterocycles. The molecule has 9 nitrogen and oxygen atoms in total. The summed E-state index contributed by atoms with van der Waals surface area (Å²) >= 11 is 0. The van der Waals surface area contributed by atoms with Crippen LogP contribution in [0.25, 0.3) is 0 Å². The first-order valence-corrected chi connectivity index (χ1v) is 6.09. The van der Waals surface area contributed by atoms with E-state index in [1.54, 1.807) is 6.92 Å². The van der Waals surface area contributed by atoms with E-state index in [0.717, 1.165) is 6.07 Å². The monoisotopic (exact) mass is 304 g/mol. The molecule has 1 aromatic heterocycles. The minimum atomic E-state index is -0.711. The van der Waals surface area contributed by atoms with E-state index in [4.69, 9.17) is 10.2 Å². The highest BCUT2D eigenvalue weighted by molar-refractivity contribution is 6.00. The lowest BCUT2D eigenvalue weighted by Gasteiger charge is -2.07. The zero-order valence-corrected chi connectivity index (χ0v) is 11.5. The Morgan fingerprint density at radius 1 is 1.23 bits per heavy atom. The van der Waals surface area contributed by atoms with Crippen molar-refractivity contribution in [2.24, 2.45) is 0 Å². The van der Waals surface area contributed by atoms with Gasteiger partial charge in [0.1, 0.15) is 11.4 Å². The van der Waals surface area contributed by atoms with Crippen LogP contribution in [0.15, 0.2) is 34.9 Å². The number of benzene rings is 1. The number of hydrogen-bond donors (Lipinski definition) is 3. The Hall–Kier alpha value is -3.36. The Labute approximate surface area is 124 Å². The summed E-state index contributed by atoms with van der Waals surface area (Å²) in [4.78, 5) is 33.7. The number of rotatable bonds is 3. The van der Waals surface area contributed by atoms with Crippen LogP contribution in [0, 0.1) is 17.0 Å². The third-order valence-corrected chi connectivity index (χ3v) is 2.88. The number of anilines is 1. The van der Waals surface area contributed by atoms with Crippen LogP contribution in [0.3, 0.4) is 0 Å². The normalized spacial score (nSPS) is 10.0. The van der Waals surface area contributed by atoms with Crippen molar-refractivity contribution in [2.45, 2.75) is 6.92 Å². The lowest BCUT2D eigenvalue weighted by molar-refractivity contribution is -0.383. The molecule has 0 saturated carbocycles. The highest BCUT2D eigenvalue weighted by Crippen LogP contribution is 2.22. The SMILES string of the molecule is Cc1occc1C(=O)NNC(=O)c1ccc(N)c([N+](=O)[O-])c1. The average molecular weight is 304 g/mol. The van der Waals surface area contributed by atoms with E-state index in [2.05, 4.69) is 10.9 Å². The molecule has 114 valence electrons. The van der Waals surface area contributed by atoms with Gasteiger partial charge in [0.05, 0.1) is 16.7 Å². The van der Waals surface area contributed by atoms with Crippen molar-refractivity contribution >= 4 is 23.2 Å². The van der Waals surface area contributed by atoms with Crippen molar-refractivity contribution < 1.29 is 18.9 Å². The van der Waals surface area contributed by atoms with Crippen molar-refractivity contribution in [3.63, 3.8) is 0 Å². The lowest BCUT2D eigenvalue weighted by Crippen LogP contribution is -2.41. The maximum Gasteiger partial charge on any atom is 0.292 e. The van der Waals surface area contributed by atoms with Gasteiger partial charge in [-0.3, -0.25) is 30.6 Å². The number of hydrogen-bond acceptors (Lipinski definition) is 6. The number of nitro benzene ring substituents is 1. The molecule has 9 heteroatoms. The summed E-state index contributed by atoms with van der Waals surface area (Å²) in [5.41, 5.74) is 9.60. The number of nitro groups is 1. The van der Waals surface area contributed by atoms with Gasteiger partial charge in [0, 0.05) is 11.6 Å². The predicted octanol–water partition coefficient (Wildman–Crippen LogP) is 1.15. The molecule has 0 aliphatic rings. The van der Waals surface area contributed by atoms with Crippen LogP contribution in [-0.2, 0) is 0 Å². The highest BCUT2D eigenvalue weighted by atomic mass is 16.6. The fourth-order valence-corrected chi connectivity index (χ4v) is 1.72. The molecule has 0 unspecified atom stereocenters. The van der Waals surface area contributed by atoms with Gasteiger partial charge in [-0.05, 0) is 25.1 Å². The molecule has 0 fully saturated rings. The topological polar surface area (TPSA) is 140 Å². The van der Waals surface area contributed by atoms with Gasteiger partial charge < -0.3 is 10.2 Å². The van der Waals surface area contributed by atoms with Gasteiger partial charge in [0.2, 0.25) is 0 Å². The summed E-state index contributed by atoms with van der Waals surface area (Å²) in [5, 5.41) is 10.8. The number of nitrogens with zero attached hydrogens (tertiary/aromatic N) is 1. The summed E-state index contributed by atoms with van der Waals surface area (Å²) in [6.07, 6.45) is 1.34. The first-order chi connectivity index (χ1) is 10.4. The second-order valence-electron chi connectivity index (χ2n) is 4.33. The minimum Gasteiger partial charge on any atom is -0.469 e. The number of aryl methyl sites for hydroxylation is 1. The van der Waals surface area contributed by atoms with Gasteiger partial charge in [-0.15, -0.1) is 0 Å². The van der Waals surface area contributed by atoms with Gasteiger partial charge in [-0.25, -0.2) is 0 Å². The number of nitrogens with two attached hydrogens (primary N) is 1. The number of amides is 2. The Morgan fingerprint density at radius 3 is 2.50 bits per heavy atom. The zero-order chi connectivity index (χ0) is 16.3. The summed E-state index contributed by atoms with van der Waals surface area (Å²) < 4.78 is 4.97. The molecule has 0 bridgehead atoms. The van der Waals surface area contributed by atoms with E-state index in [1.807, 2.05) is 0 Å². The maximum absolute atomic E-state index is 11.9. The Bertz CT molecular complexity index is 753. The second-order valence-corrected chi connectivity index (χ2v) is 4.33. The predicted molar refractivity (Wildman–Crippen MR) is 75.9 cm³/mol. The third kappa shape index (κ3) is 3.03. The van der Waals surface area contributed by atoms with Crippen molar-refractivity contribution in [3.8, 4) is 0 Å². The van der Waals surface area contributed by atoms with Crippen molar-refractivity contribution in [1.29, 1.82) is 0 Å². The number of carbonyl (C=O) groups excluding carboxylic acids is 2. The summed E-state index contributed by atoms with van der Waals surface area (Å²) in [5.74, 6) is -0.878. The Balaban J connectivity index is 2.07. The van der Waals surface area contributed by atoms with Crippen molar-refractivity contribution in [1.82, 2.24) is 10.9 Å². The second kappa shape index (κ2) is 5.95. The number of hydrazine groups is 1. The molecule has 1 heterocycles. The molecule has 2 amide bonds. The van der Waals surface area contributed by atoms with E-state index < -0.39 is 16.7 Å². The van der Waals surface area contributed by atoms with E-state index in [1.165, 1.54) is 24.5 Å². The summed E-state index contributed by atoms with van der Waals surface area (Å²) in [6, 6.07) is 5.03. The molecule has 0 radical (unpaired) electrons. The number of nitrogen functional groups attached to an aromatic ring is 1. The maximum atomic E-state index is 11.9. The molecule has 22 heavy (non-hydrogen) atoms. The third-order valence-electron chi connectivity index (χ3n) is 2.88. The molecule has 1 aromatic carbocycles. The molecule has 0 atom stereocenters. The molecule has 2 aromatic rings. The van der Waals surface area contributed by atoms with Crippen LogP contribution in [-0.4, -0.2) is 16.7 Å². The van der Waals surface area contributed by atoms with Crippen LogP contribution in [0.5, 0.6) is 0 Å². The molecule has 2 rings (SSSR count). The molecular formula is C13H12N4O5. The zero-order valence-electron chi connectivity index (χ0n) is 11.5. The fraction of sp³-hybridized carbons (Fsp3) is 0.0769. The molecule has 0 aliphatic carbocycles. The molecule has 0 spiro atoms. The quantitative estimate of drug-likeness (QED) is 0.441. The van der Waals surface area contributed by atoms with Gasteiger partial charge in [-0.1, -0.05) is 0 Å². The smallest absolute Gasteiger partial charge is 0.292 e. The van der Waals surface area contributed by atoms with Crippen LogP contribution < -0.4 is 16.6 Å². The molecule has 4 N–H and O–H groups in total. The van der Waals surface area contributed by atoms with E-state index >= 15 is 0 Å². The fourth-order valence-electron chi connectivity index (χ4n) is 1.72. The number of carbonyl (C=O) groups is 2. The lowest BCUT2D eigenvalue weighted by atomic mass is 10.1. The Morgan fingerprint density at radius 2 is 1.91 bits per heavy atom. The van der Waals surface area contributed by atoms with E-state index in [0.29, 0.717) is 5.76 Å². The van der Waals surface area contributed by atoms with Crippen molar-refractivity contribution in [3.05, 3.63) is 57.5 Å². The summed E-state index contributed by atoms with van der Waals surface area (Å²) in [6.45, 7) is 1.60. The van der Waals surface area contributed by atoms with E-state index in [9.17, 15) is 19.7 Å². The number of furan rings is 1. The van der Waals surface area contributed by atoms with E-state index in [-0.39, 0.29) is 22.5 Å². The van der Waals surface area contributed by atoms with Gasteiger partial charge in [0.15, 0.2) is 0 Å². The average Bonchev–Trinajstić information content (AvgIpc) is 2.90. The van der Waals surface area contributed by atoms with Gasteiger partial charge in [0.25, 0.3) is 17.5 Å². The van der Waals surface area contributed by atoms with Crippen LogP contribution >= 0.6 is 0 Å². The van der Waals surface area contributed by atoms with Gasteiger partial charge >= 0.3 is 0 Å². The molecular weight excluding hydrogens is 292 g/mol. The largest absolute Gasteiger partial charge is 0.469 e. The summed E-state index contributed by atoms with van der Waals surface area (Å²) in [7, 11) is 0. The minimum absolute atomic E-state index is 0.00915. The first kappa shape index (κ1) is 15.0. The first-order valence-electron chi connectivity index (χ1n) is 6.09. The Kier molecular flexibility index (Phi) is 4.07. The highest BCUT2D eigenvalue weighted by Gasteiger charge is 2.17. The molecule has 0 saturated heterocycles. The van der Waals surface area contributed by atoms with Crippen molar-refractivity contribution in [2.75, 3.05) is 5.73 Å². The van der Waals surface area contributed by atoms with Crippen LogP contribution in [0.2, 0.25) is 0 Å². The van der Waals surface area contributed by atoms with Crippen LogP contribution in [0.1, 0.15) is 26.5 Å². The van der Waals surface area contributed by atoms with Gasteiger partial charge in [-0.2, -0.15) is 0 Å².